The molecule has 0 unspecified atom stereocenters. The molecule has 1 aromatic heterocycles. The van der Waals surface area contributed by atoms with E-state index in [1.54, 1.807) is 13.3 Å². The number of benzene rings is 1. The summed E-state index contributed by atoms with van der Waals surface area (Å²) in [6.45, 7) is 3.81. The van der Waals surface area contributed by atoms with Gasteiger partial charge in [0.2, 0.25) is 0 Å². The summed E-state index contributed by atoms with van der Waals surface area (Å²) >= 11 is 0. The van der Waals surface area contributed by atoms with Crippen molar-refractivity contribution in [3.05, 3.63) is 53.2 Å². The Bertz CT molecular complexity index is 1050. The van der Waals surface area contributed by atoms with E-state index in [9.17, 15) is 9.59 Å². The molecule has 2 bridgehead atoms. The lowest BCUT2D eigenvalue weighted by atomic mass is 9.96. The van der Waals surface area contributed by atoms with Gasteiger partial charge in [0.15, 0.2) is 0 Å². The molecular formula is C27H35N5O3. The van der Waals surface area contributed by atoms with Crippen molar-refractivity contribution in [3.8, 4) is 5.75 Å². The maximum absolute atomic E-state index is 13.0. The van der Waals surface area contributed by atoms with Gasteiger partial charge >= 0.3 is 0 Å². The Kier molecular flexibility index (Phi) is 6.90. The number of methoxy groups -OCH3 is 1. The number of pyridine rings is 1. The zero-order chi connectivity index (χ0) is 24.4. The number of anilines is 1. The molecule has 0 aliphatic carbocycles. The van der Waals surface area contributed by atoms with Crippen molar-refractivity contribution >= 4 is 17.6 Å². The average molecular weight is 478 g/mol. The number of rotatable bonds is 6. The standard InChI is InChI=1S/C27H35N5O3/c1-17-23(4-3-5-24(17)35-2)27(34)31-20-14-21-7-8-22(15-20)32(21)25-9-6-18(16-29-25)26(33)30-19-10-12-28-13-11-19/h3-6,9,16,19-22,28H,7-8,10-15H2,1-2H3,(H,30,33)(H,31,34)/t20-,21+,22-. The minimum absolute atomic E-state index is 0.0403. The Morgan fingerprint density at radius 2 is 1.69 bits per heavy atom. The van der Waals surface area contributed by atoms with Gasteiger partial charge in [-0.05, 0) is 82.8 Å². The summed E-state index contributed by atoms with van der Waals surface area (Å²) in [6, 6.07) is 10.5. The van der Waals surface area contributed by atoms with Gasteiger partial charge in [-0.3, -0.25) is 9.59 Å². The lowest BCUT2D eigenvalue weighted by Crippen LogP contribution is -2.50. The molecule has 35 heavy (non-hydrogen) atoms. The van der Waals surface area contributed by atoms with E-state index in [0.717, 1.165) is 68.7 Å². The third-order valence-corrected chi connectivity index (χ3v) is 7.77. The molecule has 3 fully saturated rings. The third-order valence-electron chi connectivity index (χ3n) is 7.77. The number of nitrogens with one attached hydrogen (secondary N) is 3. The Hall–Kier alpha value is -3.13. The number of piperidine rings is 2. The number of hydrogen-bond acceptors (Lipinski definition) is 6. The number of hydrogen-bond donors (Lipinski definition) is 3. The van der Waals surface area contributed by atoms with E-state index in [-0.39, 0.29) is 23.9 Å². The minimum Gasteiger partial charge on any atom is -0.496 e. The third kappa shape index (κ3) is 4.98. The molecular weight excluding hydrogens is 442 g/mol. The monoisotopic (exact) mass is 477 g/mol. The van der Waals surface area contributed by atoms with E-state index >= 15 is 0 Å². The highest BCUT2D eigenvalue weighted by Crippen LogP contribution is 2.38. The molecule has 186 valence electrons. The first kappa shape index (κ1) is 23.6. The number of carbonyl (C=O) groups excluding carboxylic acids is 2. The van der Waals surface area contributed by atoms with E-state index in [1.807, 2.05) is 37.3 Å². The van der Waals surface area contributed by atoms with Crippen LogP contribution in [0.25, 0.3) is 0 Å². The van der Waals surface area contributed by atoms with Crippen LogP contribution < -0.4 is 25.6 Å². The highest BCUT2D eigenvalue weighted by molar-refractivity contribution is 5.96. The van der Waals surface area contributed by atoms with Crippen molar-refractivity contribution in [2.45, 2.75) is 69.6 Å². The summed E-state index contributed by atoms with van der Waals surface area (Å²) < 4.78 is 5.37. The van der Waals surface area contributed by atoms with Crippen LogP contribution in [-0.4, -0.2) is 61.2 Å². The Labute approximate surface area is 206 Å². The van der Waals surface area contributed by atoms with E-state index < -0.39 is 0 Å². The van der Waals surface area contributed by atoms with E-state index in [4.69, 9.17) is 4.74 Å². The summed E-state index contributed by atoms with van der Waals surface area (Å²) in [6.07, 6.45) is 7.59. The van der Waals surface area contributed by atoms with Crippen LogP contribution in [0.15, 0.2) is 36.5 Å². The van der Waals surface area contributed by atoms with Crippen molar-refractivity contribution in [2.24, 2.45) is 0 Å². The Balaban J connectivity index is 1.20. The highest BCUT2D eigenvalue weighted by atomic mass is 16.5. The lowest BCUT2D eigenvalue weighted by molar-refractivity contribution is 0.0919. The van der Waals surface area contributed by atoms with Gasteiger partial charge in [-0.15, -0.1) is 0 Å². The van der Waals surface area contributed by atoms with Crippen molar-refractivity contribution in [1.29, 1.82) is 0 Å². The maximum Gasteiger partial charge on any atom is 0.253 e. The normalized spacial score (nSPS) is 24.2. The molecule has 3 saturated heterocycles. The first-order valence-corrected chi connectivity index (χ1v) is 12.7. The van der Waals surface area contributed by atoms with Crippen LogP contribution in [0.2, 0.25) is 0 Å². The van der Waals surface area contributed by atoms with Crippen LogP contribution >= 0.6 is 0 Å². The highest BCUT2D eigenvalue weighted by Gasteiger charge is 2.42. The molecule has 0 radical (unpaired) electrons. The fraction of sp³-hybridized carbons (Fsp3) is 0.519. The summed E-state index contributed by atoms with van der Waals surface area (Å²) in [5.74, 6) is 1.56. The number of aromatic nitrogens is 1. The second-order valence-corrected chi connectivity index (χ2v) is 9.97. The zero-order valence-electron chi connectivity index (χ0n) is 20.5. The van der Waals surface area contributed by atoms with Crippen molar-refractivity contribution in [2.75, 3.05) is 25.1 Å². The molecule has 0 saturated carbocycles. The molecule has 2 amide bonds. The molecule has 1 aromatic carbocycles. The minimum atomic E-state index is -0.0480. The van der Waals surface area contributed by atoms with Gasteiger partial charge in [0, 0.05) is 41.5 Å². The number of ether oxygens (including phenoxy) is 1. The largest absolute Gasteiger partial charge is 0.496 e. The van der Waals surface area contributed by atoms with Gasteiger partial charge < -0.3 is 25.6 Å². The molecule has 8 heteroatoms. The van der Waals surface area contributed by atoms with Gasteiger partial charge in [0.25, 0.3) is 11.8 Å². The van der Waals surface area contributed by atoms with Crippen molar-refractivity contribution < 1.29 is 14.3 Å². The molecule has 3 N–H and O–H groups in total. The molecule has 3 aliphatic rings. The molecule has 2 aromatic rings. The second kappa shape index (κ2) is 10.2. The predicted octanol–water partition coefficient (Wildman–Crippen LogP) is 2.81. The summed E-state index contributed by atoms with van der Waals surface area (Å²) in [5, 5.41) is 9.71. The average Bonchev–Trinajstić information content (AvgIpc) is 3.14. The molecule has 8 nitrogen and oxygen atoms in total. The van der Waals surface area contributed by atoms with Crippen LogP contribution in [0.4, 0.5) is 5.82 Å². The number of nitrogens with zero attached hydrogens (tertiary/aromatic N) is 2. The van der Waals surface area contributed by atoms with Crippen LogP contribution in [0.5, 0.6) is 5.75 Å². The predicted molar refractivity (Wildman–Crippen MR) is 135 cm³/mol. The second-order valence-electron chi connectivity index (χ2n) is 9.97. The number of fused-ring (bicyclic) bond motifs is 2. The Morgan fingerprint density at radius 3 is 2.34 bits per heavy atom. The molecule has 0 spiro atoms. The van der Waals surface area contributed by atoms with E-state index in [2.05, 4.69) is 25.8 Å². The first-order chi connectivity index (χ1) is 17.0. The summed E-state index contributed by atoms with van der Waals surface area (Å²) in [7, 11) is 1.62. The topological polar surface area (TPSA) is 95.6 Å². The number of carbonyl (C=O) groups is 2. The smallest absolute Gasteiger partial charge is 0.253 e. The Morgan fingerprint density at radius 1 is 0.971 bits per heavy atom. The number of amides is 2. The summed E-state index contributed by atoms with van der Waals surface area (Å²) in [4.78, 5) is 32.7. The van der Waals surface area contributed by atoms with Gasteiger partial charge in [-0.25, -0.2) is 4.98 Å². The van der Waals surface area contributed by atoms with Crippen molar-refractivity contribution in [1.82, 2.24) is 20.9 Å². The zero-order valence-corrected chi connectivity index (χ0v) is 20.5. The molecule has 3 aliphatic heterocycles. The summed E-state index contributed by atoms with van der Waals surface area (Å²) in [5.41, 5.74) is 2.14. The fourth-order valence-electron chi connectivity index (χ4n) is 5.92. The quantitative estimate of drug-likeness (QED) is 0.592. The van der Waals surface area contributed by atoms with Crippen LogP contribution in [0.1, 0.15) is 64.8 Å². The first-order valence-electron chi connectivity index (χ1n) is 12.7. The molecule has 3 atom stereocenters. The van der Waals surface area contributed by atoms with Gasteiger partial charge in [0.05, 0.1) is 12.7 Å². The van der Waals surface area contributed by atoms with Gasteiger partial charge in [-0.2, -0.15) is 0 Å². The van der Waals surface area contributed by atoms with Crippen LogP contribution in [-0.2, 0) is 0 Å². The lowest BCUT2D eigenvalue weighted by Gasteiger charge is -2.40. The fourth-order valence-corrected chi connectivity index (χ4v) is 5.92. The van der Waals surface area contributed by atoms with Gasteiger partial charge in [0.1, 0.15) is 11.6 Å². The van der Waals surface area contributed by atoms with Crippen LogP contribution in [0, 0.1) is 6.92 Å². The van der Waals surface area contributed by atoms with Gasteiger partial charge in [-0.1, -0.05) is 6.07 Å². The van der Waals surface area contributed by atoms with E-state index in [0.29, 0.717) is 23.2 Å². The SMILES string of the molecule is COc1cccc(C(=O)N[C@H]2C[C@H]3CC[C@@H](C2)N3c2ccc(C(=O)NC3CCNCC3)cn2)c1C. The van der Waals surface area contributed by atoms with E-state index in [1.165, 1.54) is 0 Å². The molecule has 5 rings (SSSR count). The maximum atomic E-state index is 13.0. The van der Waals surface area contributed by atoms with Crippen LogP contribution in [0.3, 0.4) is 0 Å². The van der Waals surface area contributed by atoms with Crippen molar-refractivity contribution in [3.63, 3.8) is 0 Å². The molecule has 4 heterocycles.